The van der Waals surface area contributed by atoms with Gasteiger partial charge in [-0.1, -0.05) is 11.6 Å². The molecule has 2 rings (SSSR count). The summed E-state index contributed by atoms with van der Waals surface area (Å²) in [5.74, 6) is -0.364. The van der Waals surface area contributed by atoms with Crippen LogP contribution >= 0.6 is 24.0 Å². The Labute approximate surface area is 123 Å². The summed E-state index contributed by atoms with van der Waals surface area (Å²) in [6, 6.07) is 4.36. The standard InChI is InChI=1S/C13H17ClF2N2.ClH/c14-11-7-10(8-12(16)9-11)13(1-2-15)18-5-3-17-4-6-18;/h7-9,13,17H,1-6H2;1H/t13-;/m0./s1. The third-order valence-corrected chi connectivity index (χ3v) is 3.46. The minimum absolute atomic E-state index is 0. The molecule has 0 aromatic heterocycles. The summed E-state index contributed by atoms with van der Waals surface area (Å²) < 4.78 is 26.1. The summed E-state index contributed by atoms with van der Waals surface area (Å²) in [4.78, 5) is 2.18. The van der Waals surface area contributed by atoms with Crippen LogP contribution in [0.3, 0.4) is 0 Å². The van der Waals surface area contributed by atoms with Crippen molar-refractivity contribution in [3.63, 3.8) is 0 Å². The number of rotatable bonds is 4. The van der Waals surface area contributed by atoms with E-state index < -0.39 is 6.67 Å². The van der Waals surface area contributed by atoms with Gasteiger partial charge in [0.25, 0.3) is 0 Å². The molecule has 0 radical (unpaired) electrons. The fraction of sp³-hybridized carbons (Fsp3) is 0.538. The van der Waals surface area contributed by atoms with E-state index in [1.165, 1.54) is 12.1 Å². The normalized spacial score (nSPS) is 17.8. The second-order valence-corrected chi connectivity index (χ2v) is 4.92. The third kappa shape index (κ3) is 4.56. The molecular formula is C13H18Cl2F2N2. The van der Waals surface area contributed by atoms with Crippen molar-refractivity contribution in [1.82, 2.24) is 10.2 Å². The molecule has 1 aromatic carbocycles. The van der Waals surface area contributed by atoms with Crippen LogP contribution in [0.4, 0.5) is 8.78 Å². The highest BCUT2D eigenvalue weighted by molar-refractivity contribution is 6.30. The fourth-order valence-corrected chi connectivity index (χ4v) is 2.65. The first kappa shape index (κ1) is 16.6. The number of alkyl halides is 1. The number of piperazine rings is 1. The van der Waals surface area contributed by atoms with Gasteiger partial charge in [-0.15, -0.1) is 12.4 Å². The van der Waals surface area contributed by atoms with Crippen molar-refractivity contribution < 1.29 is 8.78 Å². The SMILES string of the molecule is Cl.FCC[C@@H](c1cc(F)cc(Cl)c1)N1CCNCC1. The minimum Gasteiger partial charge on any atom is -0.314 e. The van der Waals surface area contributed by atoms with Crippen LogP contribution in [-0.2, 0) is 0 Å². The van der Waals surface area contributed by atoms with Crippen LogP contribution in [0.2, 0.25) is 5.02 Å². The molecule has 2 nitrogen and oxygen atoms in total. The molecular weight excluding hydrogens is 293 g/mol. The first-order chi connectivity index (χ1) is 8.70. The maximum atomic E-state index is 13.4. The predicted octanol–water partition coefficient (Wildman–Crippen LogP) is 3.21. The maximum Gasteiger partial charge on any atom is 0.125 e. The summed E-state index contributed by atoms with van der Waals surface area (Å²) in [6.07, 6.45) is 0.375. The van der Waals surface area contributed by atoms with Gasteiger partial charge in [-0.25, -0.2) is 4.39 Å². The Morgan fingerprint density at radius 3 is 2.53 bits per heavy atom. The summed E-state index contributed by atoms with van der Waals surface area (Å²) in [5.41, 5.74) is 0.763. The van der Waals surface area contributed by atoms with E-state index in [0.717, 1.165) is 31.7 Å². The second kappa shape index (κ2) is 8.00. The first-order valence-corrected chi connectivity index (χ1v) is 6.55. The highest BCUT2D eigenvalue weighted by Crippen LogP contribution is 2.27. The summed E-state index contributed by atoms with van der Waals surface area (Å²) in [5, 5.41) is 3.62. The number of halogens is 4. The number of nitrogens with zero attached hydrogens (tertiary/aromatic N) is 1. The molecule has 1 aliphatic heterocycles. The van der Waals surface area contributed by atoms with Crippen LogP contribution in [0.1, 0.15) is 18.0 Å². The van der Waals surface area contributed by atoms with Gasteiger partial charge in [0.2, 0.25) is 0 Å². The molecule has 0 bridgehead atoms. The summed E-state index contributed by atoms with van der Waals surface area (Å²) in [6.45, 7) is 3.04. The average Bonchev–Trinajstić information content (AvgIpc) is 2.36. The van der Waals surface area contributed by atoms with Gasteiger partial charge in [-0.05, 0) is 30.2 Å². The Morgan fingerprint density at radius 1 is 1.26 bits per heavy atom. The Morgan fingerprint density at radius 2 is 1.95 bits per heavy atom. The van der Waals surface area contributed by atoms with Gasteiger partial charge in [0.05, 0.1) is 6.67 Å². The van der Waals surface area contributed by atoms with Gasteiger partial charge >= 0.3 is 0 Å². The highest BCUT2D eigenvalue weighted by Gasteiger charge is 2.22. The lowest BCUT2D eigenvalue weighted by atomic mass is 10.0. The molecule has 1 heterocycles. The van der Waals surface area contributed by atoms with Crippen molar-refractivity contribution in [2.24, 2.45) is 0 Å². The Bertz CT molecular complexity index is 378. The zero-order valence-electron chi connectivity index (χ0n) is 10.5. The van der Waals surface area contributed by atoms with Gasteiger partial charge in [0.1, 0.15) is 5.82 Å². The number of nitrogens with one attached hydrogen (secondary N) is 1. The van der Waals surface area contributed by atoms with E-state index in [1.54, 1.807) is 6.07 Å². The number of hydrogen-bond donors (Lipinski definition) is 1. The van der Waals surface area contributed by atoms with Gasteiger partial charge in [-0.3, -0.25) is 9.29 Å². The lowest BCUT2D eigenvalue weighted by Crippen LogP contribution is -2.45. The lowest BCUT2D eigenvalue weighted by molar-refractivity contribution is 0.157. The Hall–Kier alpha value is -0.420. The van der Waals surface area contributed by atoms with Crippen molar-refractivity contribution in [3.05, 3.63) is 34.6 Å². The van der Waals surface area contributed by atoms with E-state index >= 15 is 0 Å². The van der Waals surface area contributed by atoms with Crippen LogP contribution in [0.15, 0.2) is 18.2 Å². The van der Waals surface area contributed by atoms with Crippen LogP contribution in [-0.4, -0.2) is 37.8 Å². The molecule has 1 aliphatic rings. The van der Waals surface area contributed by atoms with Crippen molar-refractivity contribution in [2.45, 2.75) is 12.5 Å². The summed E-state index contributed by atoms with van der Waals surface area (Å²) >= 11 is 5.87. The zero-order valence-corrected chi connectivity index (χ0v) is 12.1. The summed E-state index contributed by atoms with van der Waals surface area (Å²) in [7, 11) is 0. The fourth-order valence-electron chi connectivity index (χ4n) is 2.42. The third-order valence-electron chi connectivity index (χ3n) is 3.24. The molecule has 1 fully saturated rings. The predicted molar refractivity (Wildman–Crippen MR) is 76.4 cm³/mol. The van der Waals surface area contributed by atoms with E-state index in [0.29, 0.717) is 11.4 Å². The molecule has 1 aromatic rings. The van der Waals surface area contributed by atoms with Crippen molar-refractivity contribution in [2.75, 3.05) is 32.9 Å². The van der Waals surface area contributed by atoms with Gasteiger partial charge < -0.3 is 5.32 Å². The van der Waals surface area contributed by atoms with Gasteiger partial charge in [-0.2, -0.15) is 0 Å². The second-order valence-electron chi connectivity index (χ2n) is 4.48. The molecule has 1 saturated heterocycles. The van der Waals surface area contributed by atoms with Gasteiger partial charge in [0.15, 0.2) is 0 Å². The van der Waals surface area contributed by atoms with E-state index in [9.17, 15) is 8.78 Å². The average molecular weight is 311 g/mol. The molecule has 19 heavy (non-hydrogen) atoms. The zero-order chi connectivity index (χ0) is 13.0. The van der Waals surface area contributed by atoms with Crippen molar-refractivity contribution in [1.29, 1.82) is 0 Å². The molecule has 6 heteroatoms. The van der Waals surface area contributed by atoms with Crippen LogP contribution in [0.5, 0.6) is 0 Å². The quantitative estimate of drug-likeness (QED) is 0.918. The molecule has 1 atom stereocenters. The Kier molecular flexibility index (Phi) is 7.00. The Balaban J connectivity index is 0.00000180. The molecule has 108 valence electrons. The molecule has 1 N–H and O–H groups in total. The minimum atomic E-state index is -0.414. The highest BCUT2D eigenvalue weighted by atomic mass is 35.5. The van der Waals surface area contributed by atoms with Crippen LogP contribution in [0, 0.1) is 5.82 Å². The number of hydrogen-bond acceptors (Lipinski definition) is 2. The van der Waals surface area contributed by atoms with E-state index in [1.807, 2.05) is 0 Å². The molecule has 0 saturated carbocycles. The van der Waals surface area contributed by atoms with Crippen molar-refractivity contribution in [3.8, 4) is 0 Å². The first-order valence-electron chi connectivity index (χ1n) is 6.17. The van der Waals surface area contributed by atoms with E-state index in [-0.39, 0.29) is 24.3 Å². The van der Waals surface area contributed by atoms with E-state index in [4.69, 9.17) is 11.6 Å². The molecule has 0 unspecified atom stereocenters. The van der Waals surface area contributed by atoms with E-state index in [2.05, 4.69) is 10.2 Å². The lowest BCUT2D eigenvalue weighted by Gasteiger charge is -2.35. The van der Waals surface area contributed by atoms with Gasteiger partial charge in [0, 0.05) is 37.2 Å². The molecule has 0 aliphatic carbocycles. The smallest absolute Gasteiger partial charge is 0.125 e. The van der Waals surface area contributed by atoms with Crippen molar-refractivity contribution >= 4 is 24.0 Å². The maximum absolute atomic E-state index is 13.4. The largest absolute Gasteiger partial charge is 0.314 e. The van der Waals surface area contributed by atoms with Crippen LogP contribution in [0.25, 0.3) is 0 Å². The number of benzene rings is 1. The topological polar surface area (TPSA) is 15.3 Å². The monoisotopic (exact) mass is 310 g/mol. The molecule has 0 amide bonds. The van der Waals surface area contributed by atoms with Crippen LogP contribution < -0.4 is 5.32 Å². The molecule has 0 spiro atoms.